The van der Waals surface area contributed by atoms with E-state index in [1.807, 2.05) is 24.3 Å². The zero-order valence-electron chi connectivity index (χ0n) is 19.7. The minimum atomic E-state index is -0.0320. The molecule has 1 atom stereocenters. The summed E-state index contributed by atoms with van der Waals surface area (Å²) in [4.78, 5) is 17.6. The van der Waals surface area contributed by atoms with E-state index in [0.717, 1.165) is 44.2 Å². The molecule has 0 aromatic heterocycles. The molecule has 1 fully saturated rings. The van der Waals surface area contributed by atoms with E-state index in [0.29, 0.717) is 36.0 Å². The summed E-state index contributed by atoms with van der Waals surface area (Å²) in [5.74, 6) is 3.07. The van der Waals surface area contributed by atoms with E-state index in [4.69, 9.17) is 23.7 Å². The van der Waals surface area contributed by atoms with Crippen molar-refractivity contribution in [2.24, 2.45) is 0 Å². The number of nitrogens with zero attached hydrogens (tertiary/aromatic N) is 2. The van der Waals surface area contributed by atoms with Gasteiger partial charge in [-0.3, -0.25) is 14.6 Å². The maximum Gasteiger partial charge on any atom is 0.184 e. The third kappa shape index (κ3) is 6.39. The van der Waals surface area contributed by atoms with Gasteiger partial charge in [-0.2, -0.15) is 0 Å². The number of methoxy groups -OCH3 is 3. The highest BCUT2D eigenvalue weighted by Gasteiger charge is 2.27. The highest BCUT2D eigenvalue weighted by Crippen LogP contribution is 2.34. The van der Waals surface area contributed by atoms with Crippen LogP contribution < -0.4 is 23.7 Å². The van der Waals surface area contributed by atoms with Crippen LogP contribution in [0, 0.1) is 0 Å². The second kappa shape index (κ2) is 12.9. The lowest BCUT2D eigenvalue weighted by Gasteiger charge is -2.37. The molecule has 2 aliphatic heterocycles. The van der Waals surface area contributed by atoms with Crippen molar-refractivity contribution in [3.8, 4) is 28.7 Å². The first kappa shape index (κ1) is 27.9. The van der Waals surface area contributed by atoms with Gasteiger partial charge in [0.25, 0.3) is 0 Å². The molecule has 34 heavy (non-hydrogen) atoms. The predicted octanol–water partition coefficient (Wildman–Crippen LogP) is 3.20. The Morgan fingerprint density at radius 3 is 2.09 bits per heavy atom. The molecular weight excluding hydrogens is 483 g/mol. The number of ether oxygens (including phenoxy) is 5. The number of hydrogen-bond donors (Lipinski definition) is 0. The summed E-state index contributed by atoms with van der Waals surface area (Å²) in [5, 5.41) is 0. The van der Waals surface area contributed by atoms with Crippen molar-refractivity contribution < 1.29 is 28.5 Å². The van der Waals surface area contributed by atoms with Crippen LogP contribution in [0.15, 0.2) is 36.4 Å². The molecule has 0 bridgehead atoms. The molecule has 0 radical (unpaired) electrons. The number of Topliss-reactive ketones (excluding diaryl/α,β-unsaturated/α-hetero) is 1. The lowest BCUT2D eigenvalue weighted by molar-refractivity contribution is 0.0398. The van der Waals surface area contributed by atoms with Crippen molar-refractivity contribution in [2.45, 2.75) is 6.10 Å². The largest absolute Gasteiger partial charge is 0.496 e. The summed E-state index contributed by atoms with van der Waals surface area (Å²) in [6.07, 6.45) is 0.00547. The number of carbonyl (C=O) groups is 1. The molecule has 8 nitrogen and oxygen atoms in total. The lowest BCUT2D eigenvalue weighted by atomic mass is 10.1. The number of rotatable bonds is 8. The Morgan fingerprint density at radius 2 is 1.50 bits per heavy atom. The zero-order valence-corrected chi connectivity index (χ0v) is 21.3. The van der Waals surface area contributed by atoms with Crippen LogP contribution in [0.5, 0.6) is 28.7 Å². The molecule has 2 heterocycles. The van der Waals surface area contributed by atoms with Crippen molar-refractivity contribution in [1.82, 2.24) is 9.80 Å². The van der Waals surface area contributed by atoms with Crippen molar-refractivity contribution in [3.63, 3.8) is 0 Å². The van der Waals surface area contributed by atoms with Gasteiger partial charge in [0.2, 0.25) is 0 Å². The average molecular weight is 515 g/mol. The molecule has 2 aromatic rings. The van der Waals surface area contributed by atoms with Crippen LogP contribution in [-0.4, -0.2) is 88.9 Å². The van der Waals surface area contributed by atoms with Gasteiger partial charge in [-0.25, -0.2) is 0 Å². The highest BCUT2D eigenvalue weighted by atomic mass is 35.5. The van der Waals surface area contributed by atoms with Crippen molar-refractivity contribution in [2.75, 3.05) is 67.2 Å². The fraction of sp³-hybridized carbons (Fsp3) is 0.458. The number of carbonyl (C=O) groups excluding carboxylic acids is 1. The number of piperazine rings is 1. The summed E-state index contributed by atoms with van der Waals surface area (Å²) in [6.45, 7) is 5.00. The summed E-state index contributed by atoms with van der Waals surface area (Å²) in [5.41, 5.74) is 0.449. The summed E-state index contributed by atoms with van der Waals surface area (Å²) in [6, 6.07) is 11.2. The number of fused-ring (bicyclic) bond motifs is 1. The van der Waals surface area contributed by atoms with E-state index in [1.165, 1.54) is 0 Å². The number of hydrogen-bond acceptors (Lipinski definition) is 8. The smallest absolute Gasteiger partial charge is 0.184 e. The van der Waals surface area contributed by atoms with Gasteiger partial charge in [-0.1, -0.05) is 12.1 Å². The van der Waals surface area contributed by atoms with Crippen LogP contribution in [-0.2, 0) is 0 Å². The lowest BCUT2D eigenvalue weighted by Crippen LogP contribution is -2.51. The van der Waals surface area contributed by atoms with Crippen LogP contribution in [0.25, 0.3) is 0 Å². The molecule has 2 aliphatic rings. The summed E-state index contributed by atoms with van der Waals surface area (Å²) in [7, 11) is 4.65. The molecule has 0 spiro atoms. The highest BCUT2D eigenvalue weighted by molar-refractivity contribution is 6.03. The first-order valence-electron chi connectivity index (χ1n) is 10.8. The van der Waals surface area contributed by atoms with Crippen molar-refractivity contribution in [1.29, 1.82) is 0 Å². The van der Waals surface area contributed by atoms with Crippen LogP contribution in [0.2, 0.25) is 0 Å². The minimum absolute atomic E-state index is 0. The third-order valence-electron chi connectivity index (χ3n) is 5.86. The molecule has 0 saturated carbocycles. The van der Waals surface area contributed by atoms with Gasteiger partial charge >= 0.3 is 0 Å². The maximum atomic E-state index is 13.1. The first-order chi connectivity index (χ1) is 15.6. The standard InChI is InChI=1S/C24H30N2O6.2ClH/c1-28-17-12-22(29-2)24(23(13-17)30-3)19(27)15-26-10-8-25(9-11-26)14-18-16-31-20-6-4-5-7-21(20)32-18;;/h4-7,12-13,18H,8-11,14-16H2,1-3H3;2*1H. The van der Waals surface area contributed by atoms with E-state index in [1.54, 1.807) is 33.5 Å². The number of halogens is 2. The molecule has 1 unspecified atom stereocenters. The Bertz CT molecular complexity index is 928. The second-order valence-electron chi connectivity index (χ2n) is 7.90. The van der Waals surface area contributed by atoms with E-state index in [9.17, 15) is 4.79 Å². The Morgan fingerprint density at radius 1 is 0.912 bits per heavy atom. The third-order valence-corrected chi connectivity index (χ3v) is 5.86. The van der Waals surface area contributed by atoms with Gasteiger partial charge in [0.1, 0.15) is 35.5 Å². The maximum absolute atomic E-state index is 13.1. The Labute approximate surface area is 212 Å². The Kier molecular flexibility index (Phi) is 10.6. The molecule has 0 aliphatic carbocycles. The molecule has 0 N–H and O–H groups in total. The topological polar surface area (TPSA) is 69.7 Å². The van der Waals surface area contributed by atoms with Crippen LogP contribution in [0.3, 0.4) is 0 Å². The molecule has 10 heteroatoms. The van der Waals surface area contributed by atoms with E-state index < -0.39 is 0 Å². The van der Waals surface area contributed by atoms with Crippen molar-refractivity contribution >= 4 is 30.6 Å². The van der Waals surface area contributed by atoms with E-state index in [2.05, 4.69) is 9.80 Å². The zero-order chi connectivity index (χ0) is 22.5. The quantitative estimate of drug-likeness (QED) is 0.497. The predicted molar refractivity (Wildman–Crippen MR) is 134 cm³/mol. The number of ketones is 1. The monoisotopic (exact) mass is 514 g/mol. The molecule has 0 amide bonds. The van der Waals surface area contributed by atoms with Gasteiger partial charge in [-0.05, 0) is 12.1 Å². The van der Waals surface area contributed by atoms with Gasteiger partial charge in [0.15, 0.2) is 17.3 Å². The molecular formula is C24H32Cl2N2O6. The fourth-order valence-corrected chi connectivity index (χ4v) is 4.13. The molecule has 188 valence electrons. The van der Waals surface area contributed by atoms with E-state index >= 15 is 0 Å². The SMILES string of the molecule is COc1cc(OC)c(C(=O)CN2CCN(CC3COc4ccccc4O3)CC2)c(OC)c1.Cl.Cl. The molecule has 1 saturated heterocycles. The fourth-order valence-electron chi connectivity index (χ4n) is 4.13. The second-order valence-corrected chi connectivity index (χ2v) is 7.90. The van der Waals surface area contributed by atoms with Crippen molar-refractivity contribution in [3.05, 3.63) is 42.0 Å². The van der Waals surface area contributed by atoms with Gasteiger partial charge in [-0.15, -0.1) is 24.8 Å². The Balaban J connectivity index is 0.00000204. The van der Waals surface area contributed by atoms with Gasteiger partial charge < -0.3 is 23.7 Å². The molecule has 4 rings (SSSR count). The number of para-hydroxylation sites is 2. The van der Waals surface area contributed by atoms with Gasteiger partial charge in [0.05, 0.1) is 27.9 Å². The summed E-state index contributed by atoms with van der Waals surface area (Å²) < 4.78 is 28.0. The molecule has 2 aromatic carbocycles. The Hall–Kier alpha value is -2.39. The normalized spacial score (nSPS) is 17.7. The average Bonchev–Trinajstić information content (AvgIpc) is 2.84. The van der Waals surface area contributed by atoms with Crippen LogP contribution in [0.1, 0.15) is 10.4 Å². The van der Waals surface area contributed by atoms with Crippen LogP contribution >= 0.6 is 24.8 Å². The first-order valence-corrected chi connectivity index (χ1v) is 10.8. The van der Waals surface area contributed by atoms with E-state index in [-0.39, 0.29) is 36.7 Å². The van der Waals surface area contributed by atoms with Crippen LogP contribution in [0.4, 0.5) is 0 Å². The minimum Gasteiger partial charge on any atom is -0.496 e. The number of benzene rings is 2. The summed E-state index contributed by atoms with van der Waals surface area (Å²) >= 11 is 0. The van der Waals surface area contributed by atoms with Gasteiger partial charge in [0, 0.05) is 44.9 Å².